The third kappa shape index (κ3) is 14.1. The molecule has 0 aliphatic heterocycles. The molecule has 14 heteroatoms. The number of hydrogen-bond donors (Lipinski definition) is 8. The number of carbonyl (C=O) groups excluding carboxylic acids is 5. The molecule has 0 fully saturated rings. The Labute approximate surface area is 306 Å². The van der Waals surface area contributed by atoms with Crippen LogP contribution in [0.1, 0.15) is 65.5 Å². The number of benzene rings is 2. The SMILES string of the molecule is CC[C@H](C)[C@H](NC(=O)[C@@H](NC(=O)[C@@H](N)CO)C(C)C)C(=O)N[C@@H](Cc1ccccc1)C(=O)N[C@@H](Cc1ccccc1)C(=O)N[C@@H](CC(C)C)C(=O)O. The van der Waals surface area contributed by atoms with Crippen molar-refractivity contribution in [3.8, 4) is 0 Å². The predicted octanol–water partition coefficient (Wildman–Crippen LogP) is 1.05. The van der Waals surface area contributed by atoms with Crippen LogP contribution in [-0.2, 0) is 41.6 Å². The fourth-order valence-corrected chi connectivity index (χ4v) is 5.44. The second-order valence-corrected chi connectivity index (χ2v) is 13.9. The van der Waals surface area contributed by atoms with Crippen molar-refractivity contribution >= 4 is 35.5 Å². The van der Waals surface area contributed by atoms with Crippen LogP contribution in [0.2, 0.25) is 0 Å². The van der Waals surface area contributed by atoms with Crippen molar-refractivity contribution < 1.29 is 39.0 Å². The Morgan fingerprint density at radius 2 is 1.04 bits per heavy atom. The molecule has 2 aromatic carbocycles. The average molecular weight is 725 g/mol. The first-order valence-electron chi connectivity index (χ1n) is 17.8. The zero-order chi connectivity index (χ0) is 39.0. The Bertz CT molecular complexity index is 1470. The number of aliphatic hydroxyl groups is 1. The number of hydrogen-bond acceptors (Lipinski definition) is 8. The first kappa shape index (κ1) is 43.3. The Hall–Kier alpha value is -4.82. The Morgan fingerprint density at radius 3 is 1.44 bits per heavy atom. The standard InChI is InChI=1S/C38H56N6O8/c1-7-24(6)32(44-36(49)31(23(4)5)43-33(46)27(39)21-45)37(50)41-29(20-26-16-12-9-13-17-26)34(47)40-28(19-25-14-10-8-11-15-25)35(48)42-30(38(51)52)18-22(2)3/h8-17,22-24,27-32,45H,7,18-21,39H2,1-6H3,(H,40,47)(H,41,50)(H,42,48)(H,43,46)(H,44,49)(H,51,52)/t24-,27-,28-,29-,30-,31-,32-/m0/s1. The molecule has 286 valence electrons. The molecule has 0 aliphatic rings. The van der Waals surface area contributed by atoms with Crippen LogP contribution in [0.25, 0.3) is 0 Å². The molecule has 5 amide bonds. The normalized spacial score (nSPS) is 15.3. The number of nitrogens with one attached hydrogen (secondary N) is 5. The minimum atomic E-state index is -1.24. The smallest absolute Gasteiger partial charge is 0.326 e. The zero-order valence-corrected chi connectivity index (χ0v) is 30.9. The van der Waals surface area contributed by atoms with Crippen LogP contribution in [0.5, 0.6) is 0 Å². The average Bonchev–Trinajstić information content (AvgIpc) is 3.11. The van der Waals surface area contributed by atoms with Crippen molar-refractivity contribution in [2.75, 3.05) is 6.61 Å². The summed E-state index contributed by atoms with van der Waals surface area (Å²) in [6.07, 6.45) is 0.737. The van der Waals surface area contributed by atoms with Crippen LogP contribution in [-0.4, -0.2) is 88.6 Å². The Morgan fingerprint density at radius 1 is 0.615 bits per heavy atom. The fraction of sp³-hybridized carbons (Fsp3) is 0.526. The van der Waals surface area contributed by atoms with Crippen molar-refractivity contribution in [1.82, 2.24) is 26.6 Å². The first-order chi connectivity index (χ1) is 24.6. The summed E-state index contributed by atoms with van der Waals surface area (Å²) in [7, 11) is 0. The van der Waals surface area contributed by atoms with E-state index in [1.807, 2.05) is 20.8 Å². The molecule has 0 aliphatic carbocycles. The molecule has 7 atom stereocenters. The van der Waals surface area contributed by atoms with Gasteiger partial charge in [-0.25, -0.2) is 4.79 Å². The molecule has 2 rings (SSSR count). The van der Waals surface area contributed by atoms with Crippen LogP contribution in [0, 0.1) is 17.8 Å². The second-order valence-electron chi connectivity index (χ2n) is 13.9. The summed E-state index contributed by atoms with van der Waals surface area (Å²) in [6, 6.07) is 10.8. The molecule has 0 bridgehead atoms. The lowest BCUT2D eigenvalue weighted by Gasteiger charge is -2.30. The molecule has 14 nitrogen and oxygen atoms in total. The number of amides is 5. The topological polar surface area (TPSA) is 229 Å². The minimum absolute atomic E-state index is 0.0295. The summed E-state index contributed by atoms with van der Waals surface area (Å²) in [5.41, 5.74) is 7.06. The maximum atomic E-state index is 14.1. The van der Waals surface area contributed by atoms with Crippen LogP contribution >= 0.6 is 0 Å². The number of nitrogens with two attached hydrogens (primary N) is 1. The lowest BCUT2D eigenvalue weighted by molar-refractivity contribution is -0.142. The second kappa shape index (κ2) is 21.5. The van der Waals surface area contributed by atoms with Crippen LogP contribution in [0.15, 0.2) is 60.7 Å². The van der Waals surface area contributed by atoms with Crippen molar-refractivity contribution in [3.05, 3.63) is 71.8 Å². The highest BCUT2D eigenvalue weighted by Crippen LogP contribution is 2.13. The number of carboxylic acid groups (broad SMARTS) is 1. The van der Waals surface area contributed by atoms with Gasteiger partial charge < -0.3 is 42.5 Å². The van der Waals surface area contributed by atoms with Gasteiger partial charge in [-0.2, -0.15) is 0 Å². The molecule has 52 heavy (non-hydrogen) atoms. The predicted molar refractivity (Wildman–Crippen MR) is 196 cm³/mol. The molecule has 0 saturated carbocycles. The van der Waals surface area contributed by atoms with Gasteiger partial charge in [-0.3, -0.25) is 24.0 Å². The van der Waals surface area contributed by atoms with Gasteiger partial charge in [-0.1, -0.05) is 109 Å². The molecule has 0 aromatic heterocycles. The lowest BCUT2D eigenvalue weighted by Crippen LogP contribution is -2.61. The van der Waals surface area contributed by atoms with Crippen LogP contribution in [0.3, 0.4) is 0 Å². The maximum Gasteiger partial charge on any atom is 0.326 e. The van der Waals surface area contributed by atoms with Gasteiger partial charge in [0.15, 0.2) is 0 Å². The van der Waals surface area contributed by atoms with Crippen molar-refractivity contribution in [1.29, 1.82) is 0 Å². The van der Waals surface area contributed by atoms with Gasteiger partial charge in [0.05, 0.1) is 6.61 Å². The third-order valence-corrected chi connectivity index (χ3v) is 8.73. The fourth-order valence-electron chi connectivity index (χ4n) is 5.44. The number of carbonyl (C=O) groups is 6. The maximum absolute atomic E-state index is 14.1. The van der Waals surface area contributed by atoms with Gasteiger partial charge in [0.1, 0.15) is 36.3 Å². The van der Waals surface area contributed by atoms with E-state index in [0.717, 1.165) is 0 Å². The van der Waals surface area contributed by atoms with Gasteiger partial charge in [-0.15, -0.1) is 0 Å². The van der Waals surface area contributed by atoms with E-state index in [2.05, 4.69) is 26.6 Å². The highest BCUT2D eigenvalue weighted by Gasteiger charge is 2.35. The molecular weight excluding hydrogens is 668 g/mol. The van der Waals surface area contributed by atoms with E-state index in [0.29, 0.717) is 17.5 Å². The number of rotatable bonds is 21. The number of aliphatic hydroxyl groups excluding tert-OH is 1. The Balaban J connectivity index is 2.43. The van der Waals surface area contributed by atoms with Crippen molar-refractivity contribution in [2.24, 2.45) is 23.5 Å². The summed E-state index contributed by atoms with van der Waals surface area (Å²) in [4.78, 5) is 79.6. The molecule has 9 N–H and O–H groups in total. The van der Waals surface area contributed by atoms with Crippen molar-refractivity contribution in [2.45, 2.75) is 103 Å². The molecule has 0 unspecified atom stereocenters. The molecule has 0 spiro atoms. The largest absolute Gasteiger partial charge is 0.480 e. The van der Waals surface area contributed by atoms with Gasteiger partial charge in [0.25, 0.3) is 0 Å². The summed E-state index contributed by atoms with van der Waals surface area (Å²) in [5, 5.41) is 32.5. The Kier molecular flexibility index (Phi) is 17.9. The van der Waals surface area contributed by atoms with E-state index < -0.39 is 90.2 Å². The van der Waals surface area contributed by atoms with Crippen LogP contribution in [0.4, 0.5) is 0 Å². The van der Waals surface area contributed by atoms with E-state index >= 15 is 0 Å². The van der Waals surface area contributed by atoms with Crippen molar-refractivity contribution in [3.63, 3.8) is 0 Å². The monoisotopic (exact) mass is 724 g/mol. The number of carboxylic acids is 1. The summed E-state index contributed by atoms with van der Waals surface area (Å²) in [5.74, 6) is -5.45. The minimum Gasteiger partial charge on any atom is -0.480 e. The highest BCUT2D eigenvalue weighted by molar-refractivity contribution is 5.96. The lowest BCUT2D eigenvalue weighted by atomic mass is 9.95. The van der Waals surface area contributed by atoms with E-state index in [1.54, 1.807) is 81.4 Å². The first-order valence-corrected chi connectivity index (χ1v) is 17.8. The summed E-state index contributed by atoms with van der Waals surface area (Å²) >= 11 is 0. The van der Waals surface area contributed by atoms with Gasteiger partial charge in [0, 0.05) is 12.8 Å². The molecule has 2 aromatic rings. The van der Waals surface area contributed by atoms with E-state index in [4.69, 9.17) is 5.73 Å². The highest BCUT2D eigenvalue weighted by atomic mass is 16.4. The van der Waals surface area contributed by atoms with E-state index in [9.17, 15) is 39.0 Å². The quantitative estimate of drug-likeness (QED) is 0.0919. The van der Waals surface area contributed by atoms with Gasteiger partial charge in [0.2, 0.25) is 29.5 Å². The van der Waals surface area contributed by atoms with Crippen LogP contribution < -0.4 is 32.3 Å². The van der Waals surface area contributed by atoms with E-state index in [1.165, 1.54) is 0 Å². The number of aliphatic carboxylic acids is 1. The van der Waals surface area contributed by atoms with E-state index in [-0.39, 0.29) is 25.2 Å². The molecule has 0 heterocycles. The van der Waals surface area contributed by atoms with Gasteiger partial charge in [-0.05, 0) is 35.3 Å². The molecular formula is C38H56N6O8. The molecule has 0 saturated heterocycles. The molecule has 0 radical (unpaired) electrons. The summed E-state index contributed by atoms with van der Waals surface area (Å²) < 4.78 is 0. The van der Waals surface area contributed by atoms with Gasteiger partial charge >= 0.3 is 5.97 Å². The third-order valence-electron chi connectivity index (χ3n) is 8.73. The zero-order valence-electron chi connectivity index (χ0n) is 30.9. The summed E-state index contributed by atoms with van der Waals surface area (Å²) in [6.45, 7) is 10.1.